The Balaban J connectivity index is 0.000000367. The molecule has 0 radical (unpaired) electrons. The Morgan fingerprint density at radius 1 is 0.757 bits per heavy atom. The third kappa shape index (κ3) is 7.69. The van der Waals surface area contributed by atoms with Crippen LogP contribution < -0.4 is 19.7 Å². The number of nitrogens with zero attached hydrogens (tertiary/aromatic N) is 3. The van der Waals surface area contributed by atoms with E-state index in [1.165, 1.54) is 14.2 Å². The zero-order valence-electron chi connectivity index (χ0n) is 23.3. The second kappa shape index (κ2) is 12.9. The number of aryl methyl sites for hydroxylation is 2. The maximum Gasteiger partial charge on any atom is 2.00 e. The summed E-state index contributed by atoms with van der Waals surface area (Å²) in [6.07, 6.45) is 5.10. The zero-order valence-corrected chi connectivity index (χ0v) is 24.3. The fourth-order valence-electron chi connectivity index (χ4n) is 3.92. The van der Waals surface area contributed by atoms with Crippen molar-refractivity contribution in [1.29, 1.82) is 0 Å². The van der Waals surface area contributed by atoms with Gasteiger partial charge in [-0.25, -0.2) is 9.97 Å². The molecule has 7 nitrogen and oxygen atoms in total. The molecule has 0 unspecified atom stereocenters. The second-order valence-electron chi connectivity index (χ2n) is 10.6. The molecule has 0 amide bonds. The summed E-state index contributed by atoms with van der Waals surface area (Å²) in [6.45, 7) is 15.4. The predicted octanol–water partition coefficient (Wildman–Crippen LogP) is 5.29. The number of rotatable bonds is 4. The molecule has 3 rings (SSSR count). The first kappa shape index (κ1) is 31.9. The molecular weight excluding hydrogens is 513 g/mol. The summed E-state index contributed by atoms with van der Waals surface area (Å²) in [5.74, 6) is 0.370. The summed E-state index contributed by atoms with van der Waals surface area (Å²) in [4.78, 5) is 12.6. The topological polar surface area (TPSA) is 103 Å². The number of hydrogen-bond acceptors (Lipinski definition) is 7. The van der Waals surface area contributed by atoms with Gasteiger partial charge in [-0.15, -0.1) is 11.5 Å². The molecule has 0 bridgehead atoms. The Morgan fingerprint density at radius 3 is 1.51 bits per heavy atom. The smallest absolute Gasteiger partial charge is 0.873 e. The predicted molar refractivity (Wildman–Crippen MR) is 141 cm³/mol. The van der Waals surface area contributed by atoms with Crippen LogP contribution in [0.15, 0.2) is 41.7 Å². The van der Waals surface area contributed by atoms with E-state index in [0.717, 1.165) is 16.8 Å². The molecule has 0 aliphatic heterocycles. The number of benzene rings is 2. The van der Waals surface area contributed by atoms with Crippen LogP contribution in [0.5, 0.6) is 23.0 Å². The Kier molecular flexibility index (Phi) is 11.1. The average molecular weight is 550 g/mol. The van der Waals surface area contributed by atoms with Crippen LogP contribution in [-0.2, 0) is 27.3 Å². The fraction of sp³-hybridized carbons (Fsp3) is 0.414. The van der Waals surface area contributed by atoms with Crippen LogP contribution in [0.25, 0.3) is 0 Å². The Morgan fingerprint density at radius 2 is 1.16 bits per heavy atom. The first-order valence-corrected chi connectivity index (χ1v) is 11.8. The minimum Gasteiger partial charge on any atom is -0.873 e. The molecule has 202 valence electrons. The van der Waals surface area contributed by atoms with Crippen LogP contribution in [0.3, 0.4) is 0 Å². The standard InChI is InChI=1S/C16H26O4.C13H13N3.Ni/c1-15(2,3)9-11(17)12(18)10(16(4,5)6)14(20-8)13(9)19-7;1-10-5-3-6-11(2)13(10)16-9-12-14-7-4-8-15-12;/h17-18H,1-8H3;3-9H,1-2H3;/q;;+2/p-2. The quantitative estimate of drug-likeness (QED) is 0.323. The molecule has 0 aliphatic carbocycles. The van der Waals surface area contributed by atoms with Crippen molar-refractivity contribution in [2.75, 3.05) is 14.2 Å². The van der Waals surface area contributed by atoms with Gasteiger partial charge in [0.15, 0.2) is 17.3 Å². The van der Waals surface area contributed by atoms with Gasteiger partial charge in [0.2, 0.25) is 0 Å². The van der Waals surface area contributed by atoms with Crippen LogP contribution in [0.2, 0.25) is 0 Å². The van der Waals surface area contributed by atoms with E-state index in [1.54, 1.807) is 24.7 Å². The molecule has 0 fully saturated rings. The first-order valence-electron chi connectivity index (χ1n) is 11.8. The number of methoxy groups -OCH3 is 2. The van der Waals surface area contributed by atoms with Crippen molar-refractivity contribution in [3.63, 3.8) is 0 Å². The molecule has 0 spiro atoms. The molecule has 0 aliphatic rings. The van der Waals surface area contributed by atoms with E-state index in [1.807, 2.05) is 73.6 Å². The molecule has 0 saturated heterocycles. The van der Waals surface area contributed by atoms with Crippen LogP contribution in [0, 0.1) is 13.8 Å². The van der Waals surface area contributed by atoms with Crippen LogP contribution in [-0.4, -0.2) is 30.4 Å². The molecule has 37 heavy (non-hydrogen) atoms. The Bertz CT molecular complexity index is 1150. The summed E-state index contributed by atoms with van der Waals surface area (Å²) in [5.41, 5.74) is 3.07. The monoisotopic (exact) mass is 549 g/mol. The van der Waals surface area contributed by atoms with Gasteiger partial charge in [-0.05, 0) is 53.0 Å². The van der Waals surface area contributed by atoms with Gasteiger partial charge in [-0.2, -0.15) is 0 Å². The van der Waals surface area contributed by atoms with Crippen molar-refractivity contribution in [1.82, 2.24) is 9.97 Å². The van der Waals surface area contributed by atoms with Gasteiger partial charge in [0, 0.05) is 12.4 Å². The number of para-hydroxylation sites is 1. The Labute approximate surface area is 230 Å². The number of aliphatic imine (C=N–C) groups is 1. The van der Waals surface area contributed by atoms with Gasteiger partial charge in [-0.3, -0.25) is 4.99 Å². The number of hydrogen-bond donors (Lipinski definition) is 0. The van der Waals surface area contributed by atoms with E-state index < -0.39 is 22.3 Å². The van der Waals surface area contributed by atoms with Crippen molar-refractivity contribution in [3.05, 3.63) is 64.7 Å². The van der Waals surface area contributed by atoms with Crippen LogP contribution in [0.4, 0.5) is 5.69 Å². The molecule has 0 N–H and O–H groups in total. The van der Waals surface area contributed by atoms with Crippen molar-refractivity contribution in [2.45, 2.75) is 66.2 Å². The van der Waals surface area contributed by atoms with E-state index >= 15 is 0 Å². The van der Waals surface area contributed by atoms with E-state index in [4.69, 9.17) is 9.47 Å². The third-order valence-corrected chi connectivity index (χ3v) is 5.56. The molecule has 2 aromatic carbocycles. The fourth-order valence-corrected chi connectivity index (χ4v) is 3.92. The first-order chi connectivity index (χ1) is 16.7. The van der Waals surface area contributed by atoms with E-state index in [0.29, 0.717) is 28.5 Å². The normalized spacial score (nSPS) is 11.4. The van der Waals surface area contributed by atoms with Crippen LogP contribution in [0.1, 0.15) is 69.6 Å². The van der Waals surface area contributed by atoms with Crippen LogP contribution >= 0.6 is 0 Å². The summed E-state index contributed by atoms with van der Waals surface area (Å²) in [5, 5.41) is 25.0. The van der Waals surface area contributed by atoms with Gasteiger partial charge in [-0.1, -0.05) is 59.7 Å². The maximum atomic E-state index is 12.5. The SMILES string of the molecule is COc1c(OC)c(C(C)(C)C)c([O-])c([O-])c1C(C)(C)C.Cc1cccc(C)c1N=Cc1ncccn1.[Ni+2]. The molecular formula is C29H37N3NiO4. The van der Waals surface area contributed by atoms with Gasteiger partial charge >= 0.3 is 16.5 Å². The second-order valence-corrected chi connectivity index (χ2v) is 10.6. The molecule has 0 atom stereocenters. The van der Waals surface area contributed by atoms with Gasteiger partial charge < -0.3 is 19.7 Å². The van der Waals surface area contributed by atoms with Crippen molar-refractivity contribution in [3.8, 4) is 23.0 Å². The van der Waals surface area contributed by atoms with Crippen molar-refractivity contribution in [2.24, 2.45) is 4.99 Å². The van der Waals surface area contributed by atoms with Gasteiger partial charge in [0.05, 0.1) is 26.1 Å². The number of aromatic nitrogens is 2. The minimum atomic E-state index is -0.500. The summed E-state index contributed by atoms with van der Waals surface area (Å²) in [6, 6.07) is 7.91. The molecule has 1 aromatic heterocycles. The summed E-state index contributed by atoms with van der Waals surface area (Å²) >= 11 is 0. The maximum absolute atomic E-state index is 12.5. The third-order valence-electron chi connectivity index (χ3n) is 5.56. The molecule has 8 heteroatoms. The molecule has 3 aromatic rings. The Hall–Kier alpha value is -3.12. The van der Waals surface area contributed by atoms with E-state index in [-0.39, 0.29) is 16.5 Å². The summed E-state index contributed by atoms with van der Waals surface area (Å²) in [7, 11) is 2.98. The van der Waals surface area contributed by atoms with Gasteiger partial charge in [0.25, 0.3) is 0 Å². The molecule has 0 saturated carbocycles. The molecule has 1 heterocycles. The zero-order chi connectivity index (χ0) is 27.3. The van der Waals surface area contributed by atoms with Crippen molar-refractivity contribution < 1.29 is 36.2 Å². The number of ether oxygens (including phenoxy) is 2. The summed E-state index contributed by atoms with van der Waals surface area (Å²) < 4.78 is 10.8. The van der Waals surface area contributed by atoms with Crippen molar-refractivity contribution >= 4 is 11.9 Å². The average Bonchev–Trinajstić information content (AvgIpc) is 2.79. The van der Waals surface area contributed by atoms with E-state index in [2.05, 4.69) is 15.0 Å². The van der Waals surface area contributed by atoms with E-state index in [9.17, 15) is 10.2 Å². The minimum absolute atomic E-state index is 0. The largest absolute Gasteiger partial charge is 2.00 e. The van der Waals surface area contributed by atoms with Gasteiger partial charge in [0.1, 0.15) is 0 Å².